The molecule has 0 saturated heterocycles. The molecule has 0 spiro atoms. The van der Waals surface area contributed by atoms with Crippen LogP contribution in [-0.4, -0.2) is 34.7 Å². The molecule has 0 aliphatic heterocycles. The minimum Gasteiger partial charge on any atom is -0.497 e. The van der Waals surface area contributed by atoms with E-state index in [9.17, 15) is 0 Å². The van der Waals surface area contributed by atoms with E-state index >= 15 is 0 Å². The Kier molecular flexibility index (Phi) is 6.53. The number of H-pyrrole nitrogens is 1. The second-order valence-corrected chi connectivity index (χ2v) is 7.12. The van der Waals surface area contributed by atoms with Crippen LogP contribution < -0.4 is 9.47 Å². The normalized spacial score (nSPS) is 11.1. The number of aromatic nitrogens is 3. The van der Waals surface area contributed by atoms with Crippen molar-refractivity contribution in [2.24, 2.45) is 0 Å². The van der Waals surface area contributed by atoms with Crippen molar-refractivity contribution >= 4 is 35.3 Å². The monoisotopic (exact) mass is 373 g/mol. The van der Waals surface area contributed by atoms with Crippen molar-refractivity contribution in [2.45, 2.75) is 11.6 Å². The molecule has 0 radical (unpaired) electrons. The quantitative estimate of drug-likeness (QED) is 0.438. The highest BCUT2D eigenvalue weighted by Crippen LogP contribution is 2.18. The molecule has 0 amide bonds. The molecule has 0 aliphatic carbocycles. The summed E-state index contributed by atoms with van der Waals surface area (Å²) in [6.45, 7) is 0.662. The first-order valence-electron chi connectivity index (χ1n) is 7.87. The van der Waals surface area contributed by atoms with Crippen LogP contribution in [-0.2, 0) is 0 Å². The Labute approximate surface area is 155 Å². The van der Waals surface area contributed by atoms with Crippen LogP contribution in [0.3, 0.4) is 0 Å². The molecule has 3 aromatic rings. The molecule has 0 bridgehead atoms. The second-order valence-electron chi connectivity index (χ2n) is 5.08. The number of methoxy groups -OCH3 is 1. The molecular weight excluding hydrogens is 354 g/mol. The fraction of sp³-hybridized carbons (Fsp3) is 0.222. The van der Waals surface area contributed by atoms with Crippen molar-refractivity contribution in [2.75, 3.05) is 19.5 Å². The van der Waals surface area contributed by atoms with E-state index in [1.54, 1.807) is 30.2 Å². The Morgan fingerprint density at radius 1 is 1.16 bits per heavy atom. The zero-order valence-corrected chi connectivity index (χ0v) is 15.5. The molecular formula is C18H19N3O2S2. The van der Waals surface area contributed by atoms with Gasteiger partial charge in [0.25, 0.3) is 0 Å². The van der Waals surface area contributed by atoms with Gasteiger partial charge in [-0.2, -0.15) is 0 Å². The van der Waals surface area contributed by atoms with Crippen molar-refractivity contribution in [1.29, 1.82) is 0 Å². The molecule has 0 fully saturated rings. The van der Waals surface area contributed by atoms with Gasteiger partial charge >= 0.3 is 0 Å². The van der Waals surface area contributed by atoms with Gasteiger partial charge in [-0.25, -0.2) is 4.98 Å². The van der Waals surface area contributed by atoms with E-state index in [0.29, 0.717) is 6.61 Å². The number of hydrogen-bond acceptors (Lipinski definition) is 6. The van der Waals surface area contributed by atoms with Crippen molar-refractivity contribution in [3.05, 3.63) is 52.5 Å². The van der Waals surface area contributed by atoms with Gasteiger partial charge in [-0.1, -0.05) is 17.8 Å². The lowest BCUT2D eigenvalue weighted by molar-refractivity contribution is 0.318. The Bertz CT molecular complexity index is 783. The van der Waals surface area contributed by atoms with E-state index in [2.05, 4.69) is 26.6 Å². The Hall–Kier alpha value is -2.25. The average Bonchev–Trinajstić information content (AvgIpc) is 3.32. The molecule has 3 rings (SSSR count). The first-order valence-corrected chi connectivity index (χ1v) is 9.73. The highest BCUT2D eigenvalue weighted by atomic mass is 32.2. The van der Waals surface area contributed by atoms with Gasteiger partial charge in [-0.3, -0.25) is 5.10 Å². The lowest BCUT2D eigenvalue weighted by Gasteiger charge is -2.06. The molecule has 1 N–H and O–H groups in total. The second kappa shape index (κ2) is 9.29. The summed E-state index contributed by atoms with van der Waals surface area (Å²) in [4.78, 5) is 5.64. The molecule has 0 atom stereocenters. The fourth-order valence-corrected chi connectivity index (χ4v) is 3.36. The van der Waals surface area contributed by atoms with Gasteiger partial charge in [0, 0.05) is 10.6 Å². The van der Waals surface area contributed by atoms with Crippen LogP contribution in [0.25, 0.3) is 12.2 Å². The molecule has 1 aromatic carbocycles. The number of benzene rings is 1. The number of nitrogens with one attached hydrogen (secondary N) is 1. The first-order chi connectivity index (χ1) is 12.3. The van der Waals surface area contributed by atoms with Gasteiger partial charge in [-0.05, 0) is 54.3 Å². The third-order valence-corrected chi connectivity index (χ3v) is 5.05. The number of hydrogen-bond donors (Lipinski definition) is 1. The maximum Gasteiger partial charge on any atom is 0.208 e. The number of nitrogens with zero attached hydrogens (tertiary/aromatic N) is 2. The van der Waals surface area contributed by atoms with Crippen molar-refractivity contribution < 1.29 is 9.47 Å². The van der Waals surface area contributed by atoms with Crippen LogP contribution in [0.1, 0.15) is 17.1 Å². The summed E-state index contributed by atoms with van der Waals surface area (Å²) >= 11 is 3.31. The lowest BCUT2D eigenvalue weighted by atomic mass is 10.3. The van der Waals surface area contributed by atoms with E-state index in [1.165, 1.54) is 4.88 Å². The van der Waals surface area contributed by atoms with Crippen molar-refractivity contribution in [3.8, 4) is 11.5 Å². The van der Waals surface area contributed by atoms with E-state index in [0.717, 1.165) is 34.7 Å². The lowest BCUT2D eigenvalue weighted by Crippen LogP contribution is -1.98. The minimum atomic E-state index is 0.662. The molecule has 2 heterocycles. The maximum atomic E-state index is 5.70. The maximum absolute atomic E-state index is 5.70. The summed E-state index contributed by atoms with van der Waals surface area (Å²) in [5.74, 6) is 3.36. The van der Waals surface area contributed by atoms with E-state index in [1.807, 2.05) is 42.5 Å². The summed E-state index contributed by atoms with van der Waals surface area (Å²) in [7, 11) is 1.65. The smallest absolute Gasteiger partial charge is 0.208 e. The number of thiophene rings is 1. The van der Waals surface area contributed by atoms with Gasteiger partial charge < -0.3 is 9.47 Å². The third kappa shape index (κ3) is 5.65. The SMILES string of the molecule is COc1ccc(OCCCSc2n[nH]c(/C=C/c3cccs3)n2)cc1. The predicted octanol–water partition coefficient (Wildman–Crippen LogP) is 4.61. The van der Waals surface area contributed by atoms with E-state index in [4.69, 9.17) is 9.47 Å². The van der Waals surface area contributed by atoms with Gasteiger partial charge in [0.2, 0.25) is 5.16 Å². The molecule has 0 unspecified atom stereocenters. The van der Waals surface area contributed by atoms with Gasteiger partial charge in [0.05, 0.1) is 13.7 Å². The standard InChI is InChI=1S/C18H19N3O2S2/c1-22-14-5-7-15(8-6-14)23-11-3-13-25-18-19-17(20-21-18)10-9-16-4-2-12-24-16/h2,4-10,12H,3,11,13H2,1H3,(H,19,20,21)/b10-9+. The van der Waals surface area contributed by atoms with Crippen LogP contribution in [0.2, 0.25) is 0 Å². The number of aromatic amines is 1. The third-order valence-electron chi connectivity index (χ3n) is 3.28. The largest absolute Gasteiger partial charge is 0.497 e. The summed E-state index contributed by atoms with van der Waals surface area (Å²) in [5, 5.41) is 9.96. The van der Waals surface area contributed by atoms with Crippen LogP contribution in [0.5, 0.6) is 11.5 Å². The predicted molar refractivity (Wildman–Crippen MR) is 103 cm³/mol. The topological polar surface area (TPSA) is 60.0 Å². The summed E-state index contributed by atoms with van der Waals surface area (Å²) < 4.78 is 10.8. The molecule has 5 nitrogen and oxygen atoms in total. The Morgan fingerprint density at radius 2 is 2.00 bits per heavy atom. The fourth-order valence-electron chi connectivity index (χ4n) is 2.03. The number of thioether (sulfide) groups is 1. The van der Waals surface area contributed by atoms with Gasteiger partial charge in [0.15, 0.2) is 0 Å². The average molecular weight is 374 g/mol. The molecule has 2 aromatic heterocycles. The van der Waals surface area contributed by atoms with Crippen molar-refractivity contribution in [1.82, 2.24) is 15.2 Å². The van der Waals surface area contributed by atoms with Crippen LogP contribution >= 0.6 is 23.1 Å². The van der Waals surface area contributed by atoms with Gasteiger partial charge in [-0.15, -0.1) is 16.4 Å². The molecule has 130 valence electrons. The van der Waals surface area contributed by atoms with Crippen LogP contribution in [0.4, 0.5) is 0 Å². The molecule has 0 aliphatic rings. The highest BCUT2D eigenvalue weighted by molar-refractivity contribution is 7.99. The van der Waals surface area contributed by atoms with Crippen molar-refractivity contribution in [3.63, 3.8) is 0 Å². The van der Waals surface area contributed by atoms with E-state index in [-0.39, 0.29) is 0 Å². The first kappa shape index (κ1) is 17.6. The molecule has 0 saturated carbocycles. The van der Waals surface area contributed by atoms with Crippen LogP contribution in [0.15, 0.2) is 46.9 Å². The highest BCUT2D eigenvalue weighted by Gasteiger charge is 2.02. The van der Waals surface area contributed by atoms with E-state index < -0.39 is 0 Å². The zero-order valence-electron chi connectivity index (χ0n) is 13.8. The molecule has 7 heteroatoms. The number of rotatable bonds is 9. The zero-order chi connectivity index (χ0) is 17.3. The van der Waals surface area contributed by atoms with Crippen LogP contribution in [0, 0.1) is 0 Å². The van der Waals surface area contributed by atoms with Gasteiger partial charge in [0.1, 0.15) is 17.3 Å². The summed E-state index contributed by atoms with van der Waals surface area (Å²) in [6, 6.07) is 11.7. The Morgan fingerprint density at radius 3 is 2.76 bits per heavy atom. The minimum absolute atomic E-state index is 0.662. The Balaban J connectivity index is 1.36. The number of ether oxygens (including phenoxy) is 2. The molecule has 25 heavy (non-hydrogen) atoms. The summed E-state index contributed by atoms with van der Waals surface area (Å²) in [5.41, 5.74) is 0. The summed E-state index contributed by atoms with van der Waals surface area (Å²) in [6.07, 6.45) is 4.89.